The van der Waals surface area contributed by atoms with Crippen LogP contribution in [0.25, 0.3) is 11.1 Å². The first-order chi connectivity index (χ1) is 14.7. The fourth-order valence-electron chi connectivity index (χ4n) is 4.02. The zero-order valence-corrected chi connectivity index (χ0v) is 18.0. The molecule has 1 saturated heterocycles. The normalized spacial score (nSPS) is 15.0. The van der Waals surface area contributed by atoms with Gasteiger partial charge in [-0.1, -0.05) is 82.6 Å². The summed E-state index contributed by atoms with van der Waals surface area (Å²) in [6.07, 6.45) is 11.8. The third-order valence-corrected chi connectivity index (χ3v) is 5.81. The van der Waals surface area contributed by atoms with Crippen LogP contribution in [0.3, 0.4) is 0 Å². The Balaban J connectivity index is 1.38. The van der Waals surface area contributed by atoms with Crippen molar-refractivity contribution in [2.45, 2.75) is 64.7 Å². The molecule has 1 aliphatic rings. The second-order valence-corrected chi connectivity index (χ2v) is 8.41. The van der Waals surface area contributed by atoms with Gasteiger partial charge in [0.25, 0.3) is 0 Å². The van der Waals surface area contributed by atoms with Crippen molar-refractivity contribution in [3.05, 3.63) is 54.1 Å². The molecule has 5 heteroatoms. The highest BCUT2D eigenvalue weighted by Gasteiger charge is 2.28. The lowest BCUT2D eigenvalue weighted by atomic mass is 9.76. The Morgan fingerprint density at radius 2 is 1.33 bits per heavy atom. The Morgan fingerprint density at radius 1 is 0.767 bits per heavy atom. The fraction of sp³-hybridized carbons (Fsp3) is 0.520. The molecule has 1 aliphatic heterocycles. The molecule has 2 nitrogen and oxygen atoms in total. The minimum atomic E-state index is -0.574. The molecule has 0 atom stereocenters. The molecule has 0 amide bonds. The molecule has 2 aromatic rings. The molecule has 3 rings (SSSR count). The zero-order chi connectivity index (χ0) is 21.2. The summed E-state index contributed by atoms with van der Waals surface area (Å²) in [5.41, 5.74) is 2.22. The van der Waals surface area contributed by atoms with Crippen LogP contribution >= 0.6 is 0 Å². The SMILES string of the molecule is CCCCCCCCCCC1COB(c2ccc(-c3cc(F)cc(F)c3)cc2)OC1. The first-order valence-corrected chi connectivity index (χ1v) is 11.5. The average Bonchev–Trinajstić information content (AvgIpc) is 2.75. The summed E-state index contributed by atoms with van der Waals surface area (Å²) in [5.74, 6) is -0.679. The highest BCUT2D eigenvalue weighted by atomic mass is 19.1. The van der Waals surface area contributed by atoms with E-state index in [1.165, 1.54) is 63.5 Å². The monoisotopic (exact) mass is 414 g/mol. The van der Waals surface area contributed by atoms with Gasteiger partial charge in [-0.15, -0.1) is 0 Å². The molecule has 2 aromatic carbocycles. The highest BCUT2D eigenvalue weighted by Crippen LogP contribution is 2.22. The van der Waals surface area contributed by atoms with Gasteiger partial charge in [0.15, 0.2) is 0 Å². The Hall–Kier alpha value is -1.72. The fourth-order valence-corrected chi connectivity index (χ4v) is 4.02. The zero-order valence-electron chi connectivity index (χ0n) is 18.0. The van der Waals surface area contributed by atoms with Crippen LogP contribution in [0.1, 0.15) is 64.7 Å². The topological polar surface area (TPSA) is 18.5 Å². The van der Waals surface area contributed by atoms with Crippen molar-refractivity contribution in [2.24, 2.45) is 5.92 Å². The van der Waals surface area contributed by atoms with Crippen LogP contribution in [0, 0.1) is 17.6 Å². The second kappa shape index (κ2) is 12.2. The van der Waals surface area contributed by atoms with Crippen LogP contribution in [0.4, 0.5) is 8.78 Å². The third-order valence-electron chi connectivity index (χ3n) is 5.81. The van der Waals surface area contributed by atoms with Crippen LogP contribution in [-0.4, -0.2) is 20.3 Å². The molecule has 1 fully saturated rings. The first-order valence-electron chi connectivity index (χ1n) is 11.5. The van der Waals surface area contributed by atoms with E-state index in [-0.39, 0.29) is 7.12 Å². The smallest absolute Gasteiger partial charge is 0.407 e. The summed E-state index contributed by atoms with van der Waals surface area (Å²) in [5, 5.41) is 0. The van der Waals surface area contributed by atoms with E-state index in [0.717, 1.165) is 36.7 Å². The number of unbranched alkanes of at least 4 members (excludes halogenated alkanes) is 7. The van der Waals surface area contributed by atoms with Gasteiger partial charge in [0.2, 0.25) is 0 Å². The van der Waals surface area contributed by atoms with Crippen LogP contribution < -0.4 is 5.46 Å². The van der Waals surface area contributed by atoms with Crippen LogP contribution in [0.15, 0.2) is 42.5 Å². The Morgan fingerprint density at radius 3 is 1.93 bits per heavy atom. The summed E-state index contributed by atoms with van der Waals surface area (Å²) < 4.78 is 38.8. The standard InChI is InChI=1S/C25H33BF2O2/c1-2-3-4-5-6-7-8-9-10-20-18-29-26(30-19-20)23-13-11-21(12-14-23)22-15-24(27)17-25(28)16-22/h11-17,20H,2-10,18-19H2,1H3. The van der Waals surface area contributed by atoms with Gasteiger partial charge in [-0.2, -0.15) is 0 Å². The molecule has 0 bridgehead atoms. The van der Waals surface area contributed by atoms with Crippen molar-refractivity contribution >= 4 is 12.6 Å². The maximum absolute atomic E-state index is 13.4. The number of halogens is 2. The molecule has 30 heavy (non-hydrogen) atoms. The Labute approximate surface area is 180 Å². The van der Waals surface area contributed by atoms with Crippen molar-refractivity contribution in [1.29, 1.82) is 0 Å². The predicted molar refractivity (Wildman–Crippen MR) is 120 cm³/mol. The molecular weight excluding hydrogens is 381 g/mol. The van der Waals surface area contributed by atoms with E-state index in [9.17, 15) is 8.78 Å². The van der Waals surface area contributed by atoms with E-state index in [4.69, 9.17) is 9.31 Å². The van der Waals surface area contributed by atoms with Crippen LogP contribution in [0.5, 0.6) is 0 Å². The van der Waals surface area contributed by atoms with E-state index in [0.29, 0.717) is 11.5 Å². The molecule has 0 aromatic heterocycles. The molecule has 0 N–H and O–H groups in total. The largest absolute Gasteiger partial charge is 0.493 e. The maximum Gasteiger partial charge on any atom is 0.493 e. The molecule has 0 radical (unpaired) electrons. The lowest BCUT2D eigenvalue weighted by molar-refractivity contribution is 0.0810. The second-order valence-electron chi connectivity index (χ2n) is 8.41. The molecule has 0 spiro atoms. The minimum absolute atomic E-state index is 0.363. The van der Waals surface area contributed by atoms with Crippen molar-refractivity contribution < 1.29 is 18.1 Å². The maximum atomic E-state index is 13.4. The van der Waals surface area contributed by atoms with Crippen LogP contribution in [0.2, 0.25) is 0 Å². The van der Waals surface area contributed by atoms with E-state index in [1.807, 2.05) is 24.3 Å². The lowest BCUT2D eigenvalue weighted by Crippen LogP contribution is -2.44. The van der Waals surface area contributed by atoms with Crippen LogP contribution in [-0.2, 0) is 9.31 Å². The Kier molecular flexibility index (Phi) is 9.35. The molecule has 1 heterocycles. The number of rotatable bonds is 11. The summed E-state index contributed by atoms with van der Waals surface area (Å²) >= 11 is 0. The van der Waals surface area contributed by atoms with E-state index < -0.39 is 11.6 Å². The number of hydrogen-bond donors (Lipinski definition) is 0. The van der Waals surface area contributed by atoms with Gasteiger partial charge >= 0.3 is 7.12 Å². The molecule has 0 aliphatic carbocycles. The summed E-state index contributed by atoms with van der Waals surface area (Å²) in [6.45, 7) is 3.69. The molecular formula is C25H33BF2O2. The first kappa shape index (κ1) is 23.0. The predicted octanol–water partition coefficient (Wildman–Crippen LogP) is 6.52. The van der Waals surface area contributed by atoms with E-state index in [2.05, 4.69) is 6.92 Å². The van der Waals surface area contributed by atoms with Gasteiger partial charge in [-0.25, -0.2) is 8.78 Å². The molecule has 0 saturated carbocycles. The number of benzene rings is 2. The van der Waals surface area contributed by atoms with E-state index >= 15 is 0 Å². The van der Waals surface area contributed by atoms with Crippen molar-refractivity contribution in [1.82, 2.24) is 0 Å². The summed E-state index contributed by atoms with van der Waals surface area (Å²) in [7, 11) is -0.363. The summed E-state index contributed by atoms with van der Waals surface area (Å²) in [4.78, 5) is 0. The quantitative estimate of drug-likeness (QED) is 0.308. The summed E-state index contributed by atoms with van der Waals surface area (Å²) in [6, 6.07) is 11.1. The van der Waals surface area contributed by atoms with E-state index in [1.54, 1.807) is 0 Å². The van der Waals surface area contributed by atoms with Gasteiger partial charge in [0.1, 0.15) is 11.6 Å². The molecule has 162 valence electrons. The third kappa shape index (κ3) is 7.21. The van der Waals surface area contributed by atoms with Crippen molar-refractivity contribution in [3.8, 4) is 11.1 Å². The van der Waals surface area contributed by atoms with Gasteiger partial charge in [0, 0.05) is 25.2 Å². The van der Waals surface area contributed by atoms with Crippen molar-refractivity contribution in [2.75, 3.05) is 13.2 Å². The minimum Gasteiger partial charge on any atom is -0.407 e. The van der Waals surface area contributed by atoms with Gasteiger partial charge < -0.3 is 9.31 Å². The Bertz CT molecular complexity index is 738. The van der Waals surface area contributed by atoms with Gasteiger partial charge in [0.05, 0.1) is 0 Å². The van der Waals surface area contributed by atoms with Gasteiger partial charge in [-0.05, 0) is 35.1 Å². The highest BCUT2D eigenvalue weighted by molar-refractivity contribution is 6.61. The van der Waals surface area contributed by atoms with Crippen molar-refractivity contribution in [3.63, 3.8) is 0 Å². The van der Waals surface area contributed by atoms with Gasteiger partial charge in [-0.3, -0.25) is 0 Å². The average molecular weight is 414 g/mol. The lowest BCUT2D eigenvalue weighted by Gasteiger charge is -2.27. The molecule has 0 unspecified atom stereocenters. The number of hydrogen-bond acceptors (Lipinski definition) is 2.